The van der Waals surface area contributed by atoms with E-state index >= 15 is 0 Å². The Bertz CT molecular complexity index is 735. The number of anilines is 2. The molecule has 0 aromatic carbocycles. The van der Waals surface area contributed by atoms with Gasteiger partial charge in [0.1, 0.15) is 0 Å². The first kappa shape index (κ1) is 12.6. The van der Waals surface area contributed by atoms with Gasteiger partial charge in [0.15, 0.2) is 17.0 Å². The van der Waals surface area contributed by atoms with Crippen LogP contribution >= 0.6 is 0 Å². The molecule has 4 aliphatic rings. The van der Waals surface area contributed by atoms with E-state index in [1.54, 1.807) is 0 Å². The van der Waals surface area contributed by atoms with Crippen LogP contribution in [0.15, 0.2) is 6.20 Å². The molecule has 2 aromatic rings. The van der Waals surface area contributed by atoms with E-state index in [0.717, 1.165) is 23.4 Å². The largest absolute Gasteiger partial charge is 0.382 e. The Labute approximate surface area is 128 Å². The molecule has 6 nitrogen and oxygen atoms in total. The minimum absolute atomic E-state index is 0.154. The fourth-order valence-corrected chi connectivity index (χ4v) is 5.63. The molecule has 4 saturated carbocycles. The first-order valence-corrected chi connectivity index (χ1v) is 8.17. The smallest absolute Gasteiger partial charge is 0.224 e. The Hall–Kier alpha value is -1.98. The van der Waals surface area contributed by atoms with E-state index in [-0.39, 0.29) is 11.4 Å². The molecule has 0 saturated heterocycles. The van der Waals surface area contributed by atoms with Crippen LogP contribution in [0, 0.1) is 17.8 Å². The van der Waals surface area contributed by atoms with Crippen molar-refractivity contribution in [1.82, 2.24) is 19.9 Å². The molecule has 6 heteroatoms. The second-order valence-electron chi connectivity index (χ2n) is 7.59. The number of nitrogens with two attached hydrogens (primary N) is 2. The maximum Gasteiger partial charge on any atom is 0.224 e. The Morgan fingerprint density at radius 1 is 0.909 bits per heavy atom. The topological polar surface area (TPSA) is 104 Å². The maximum absolute atomic E-state index is 5.98. The molecule has 0 aliphatic heterocycles. The lowest BCUT2D eigenvalue weighted by atomic mass is 9.49. The third-order valence-corrected chi connectivity index (χ3v) is 6.03. The zero-order valence-corrected chi connectivity index (χ0v) is 12.5. The van der Waals surface area contributed by atoms with E-state index in [1.807, 2.05) is 6.20 Å². The van der Waals surface area contributed by atoms with Gasteiger partial charge in [0, 0.05) is 5.41 Å². The highest BCUT2D eigenvalue weighted by Crippen LogP contribution is 2.60. The van der Waals surface area contributed by atoms with Crippen molar-refractivity contribution < 1.29 is 0 Å². The monoisotopic (exact) mass is 296 g/mol. The highest BCUT2D eigenvalue weighted by atomic mass is 15.1. The van der Waals surface area contributed by atoms with Crippen LogP contribution in [0.3, 0.4) is 0 Å². The van der Waals surface area contributed by atoms with Gasteiger partial charge in [0.05, 0.1) is 11.9 Å². The van der Waals surface area contributed by atoms with Crippen molar-refractivity contribution in [3.8, 4) is 0 Å². The third-order valence-electron chi connectivity index (χ3n) is 6.03. The lowest BCUT2D eigenvalue weighted by Crippen LogP contribution is -2.49. The fraction of sp³-hybridized carbons (Fsp3) is 0.625. The molecule has 2 heterocycles. The van der Waals surface area contributed by atoms with E-state index in [4.69, 9.17) is 16.5 Å². The van der Waals surface area contributed by atoms with E-state index < -0.39 is 0 Å². The van der Waals surface area contributed by atoms with E-state index in [1.165, 1.54) is 38.5 Å². The second kappa shape index (κ2) is 4.06. The SMILES string of the molecule is Nc1nc(N)c2nc(C34CC5CC(CC(C5)C3)C4)cnc2n1. The van der Waals surface area contributed by atoms with Gasteiger partial charge in [-0.15, -0.1) is 0 Å². The minimum Gasteiger partial charge on any atom is -0.382 e. The number of hydrogen-bond acceptors (Lipinski definition) is 6. The molecule has 0 unspecified atom stereocenters. The minimum atomic E-state index is 0.154. The van der Waals surface area contributed by atoms with Gasteiger partial charge < -0.3 is 11.5 Å². The van der Waals surface area contributed by atoms with Crippen molar-refractivity contribution in [2.45, 2.75) is 43.9 Å². The van der Waals surface area contributed by atoms with Gasteiger partial charge in [0.2, 0.25) is 5.95 Å². The number of aromatic nitrogens is 4. The molecule has 22 heavy (non-hydrogen) atoms. The predicted octanol–water partition coefficient (Wildman–Crippen LogP) is 2.05. The zero-order chi connectivity index (χ0) is 14.9. The molecule has 0 radical (unpaired) electrons. The van der Waals surface area contributed by atoms with Crippen LogP contribution in [-0.4, -0.2) is 19.9 Å². The summed E-state index contributed by atoms with van der Waals surface area (Å²) in [5.41, 5.74) is 14.0. The first-order valence-electron chi connectivity index (χ1n) is 8.17. The fourth-order valence-electron chi connectivity index (χ4n) is 5.63. The predicted molar refractivity (Wildman–Crippen MR) is 83.8 cm³/mol. The number of fused-ring (bicyclic) bond motifs is 1. The lowest BCUT2D eigenvalue weighted by molar-refractivity contribution is -0.00721. The Balaban J connectivity index is 1.65. The summed E-state index contributed by atoms with van der Waals surface area (Å²) in [7, 11) is 0. The van der Waals surface area contributed by atoms with Crippen molar-refractivity contribution in [2.24, 2.45) is 17.8 Å². The average Bonchev–Trinajstić information content (AvgIpc) is 2.45. The molecule has 4 aliphatic carbocycles. The van der Waals surface area contributed by atoms with E-state index in [2.05, 4.69) is 15.0 Å². The number of nitrogen functional groups attached to an aromatic ring is 2. The van der Waals surface area contributed by atoms with Crippen LogP contribution < -0.4 is 11.5 Å². The van der Waals surface area contributed by atoms with Crippen molar-refractivity contribution in [2.75, 3.05) is 11.5 Å². The molecule has 0 amide bonds. The van der Waals surface area contributed by atoms with Crippen LogP contribution in [0.5, 0.6) is 0 Å². The van der Waals surface area contributed by atoms with E-state index in [0.29, 0.717) is 17.0 Å². The molecule has 2 aromatic heterocycles. The number of nitrogens with zero attached hydrogens (tertiary/aromatic N) is 4. The Kier molecular flexibility index (Phi) is 2.31. The molecule has 4 bridgehead atoms. The zero-order valence-electron chi connectivity index (χ0n) is 12.5. The van der Waals surface area contributed by atoms with E-state index in [9.17, 15) is 0 Å². The van der Waals surface area contributed by atoms with Crippen LogP contribution in [0.25, 0.3) is 11.2 Å². The summed E-state index contributed by atoms with van der Waals surface area (Å²) in [6.45, 7) is 0. The van der Waals surface area contributed by atoms with Gasteiger partial charge in [-0.3, -0.25) is 0 Å². The summed E-state index contributed by atoms with van der Waals surface area (Å²) >= 11 is 0. The number of hydrogen-bond donors (Lipinski definition) is 2. The first-order chi connectivity index (χ1) is 10.6. The molecular weight excluding hydrogens is 276 g/mol. The molecule has 4 N–H and O–H groups in total. The highest BCUT2D eigenvalue weighted by Gasteiger charge is 2.52. The standard InChI is InChI=1S/C16H20N6/c17-13-12-14(22-15(18)21-13)19-7-11(20-12)16-4-8-1-9(5-16)3-10(2-8)6-16/h7-10H,1-6H2,(H4,17,18,19,21,22). The van der Waals surface area contributed by atoms with Crippen LogP contribution in [0.2, 0.25) is 0 Å². The Morgan fingerprint density at radius 3 is 2.18 bits per heavy atom. The second-order valence-corrected chi connectivity index (χ2v) is 7.59. The summed E-state index contributed by atoms with van der Waals surface area (Å²) in [6, 6.07) is 0. The molecule has 0 atom stereocenters. The van der Waals surface area contributed by atoms with Crippen LogP contribution in [-0.2, 0) is 5.41 Å². The van der Waals surface area contributed by atoms with Crippen molar-refractivity contribution in [1.29, 1.82) is 0 Å². The molecule has 0 spiro atoms. The van der Waals surface area contributed by atoms with Crippen molar-refractivity contribution in [3.05, 3.63) is 11.9 Å². The summed E-state index contributed by atoms with van der Waals surface area (Å²) in [5.74, 6) is 3.12. The quantitative estimate of drug-likeness (QED) is 0.834. The normalized spacial score (nSPS) is 36.1. The van der Waals surface area contributed by atoms with Gasteiger partial charge in [-0.2, -0.15) is 9.97 Å². The van der Waals surface area contributed by atoms with Gasteiger partial charge in [-0.25, -0.2) is 9.97 Å². The van der Waals surface area contributed by atoms with Crippen molar-refractivity contribution in [3.63, 3.8) is 0 Å². The van der Waals surface area contributed by atoms with Gasteiger partial charge in [-0.1, -0.05) is 0 Å². The summed E-state index contributed by atoms with van der Waals surface area (Å²) in [4.78, 5) is 17.5. The van der Waals surface area contributed by atoms with Gasteiger partial charge in [-0.05, 0) is 56.3 Å². The number of rotatable bonds is 1. The van der Waals surface area contributed by atoms with Crippen molar-refractivity contribution >= 4 is 22.9 Å². The Morgan fingerprint density at radius 2 is 1.55 bits per heavy atom. The maximum atomic E-state index is 5.98. The summed E-state index contributed by atoms with van der Waals surface area (Å²) in [5, 5.41) is 0. The third kappa shape index (κ3) is 1.66. The van der Waals surface area contributed by atoms with Crippen LogP contribution in [0.4, 0.5) is 11.8 Å². The molecule has 114 valence electrons. The van der Waals surface area contributed by atoms with Crippen LogP contribution in [0.1, 0.15) is 44.2 Å². The highest BCUT2D eigenvalue weighted by molar-refractivity contribution is 5.81. The van der Waals surface area contributed by atoms with Gasteiger partial charge in [0.25, 0.3) is 0 Å². The average molecular weight is 296 g/mol. The summed E-state index contributed by atoms with van der Waals surface area (Å²) < 4.78 is 0. The molecule has 4 fully saturated rings. The molecule has 6 rings (SSSR count). The lowest BCUT2D eigenvalue weighted by Gasteiger charge is -2.56. The van der Waals surface area contributed by atoms with Gasteiger partial charge >= 0.3 is 0 Å². The summed E-state index contributed by atoms with van der Waals surface area (Å²) in [6.07, 6.45) is 9.94. The molecular formula is C16H20N6.